The molecule has 0 bridgehead atoms. The molecule has 13 heavy (non-hydrogen) atoms. The zero-order chi connectivity index (χ0) is 9.84. The van der Waals surface area contributed by atoms with Crippen LogP contribution in [0.25, 0.3) is 0 Å². The third kappa shape index (κ3) is 2.71. The van der Waals surface area contributed by atoms with E-state index in [1.54, 1.807) is 12.1 Å². The van der Waals surface area contributed by atoms with Gasteiger partial charge in [-0.15, -0.1) is 11.6 Å². The number of halogens is 2. The van der Waals surface area contributed by atoms with Crippen LogP contribution in [-0.2, 0) is 6.42 Å². The van der Waals surface area contributed by atoms with Crippen LogP contribution in [0.1, 0.15) is 11.1 Å². The van der Waals surface area contributed by atoms with Gasteiger partial charge in [0.2, 0.25) is 0 Å². The SMILES string of the molecule is Cc1ccc(CC(Cl)C#N)c(F)c1. The number of benzene rings is 1. The van der Waals surface area contributed by atoms with Crippen molar-refractivity contribution in [2.75, 3.05) is 0 Å². The maximum atomic E-state index is 13.2. The van der Waals surface area contributed by atoms with Gasteiger partial charge in [-0.3, -0.25) is 0 Å². The Kier molecular flexibility index (Phi) is 3.27. The molecular weight excluding hydrogens is 189 g/mol. The fourth-order valence-electron chi connectivity index (χ4n) is 1.06. The van der Waals surface area contributed by atoms with Crippen LogP contribution >= 0.6 is 11.6 Å². The quantitative estimate of drug-likeness (QED) is 0.669. The molecule has 0 aromatic heterocycles. The summed E-state index contributed by atoms with van der Waals surface area (Å²) in [5.41, 5.74) is 1.36. The molecule has 0 aliphatic carbocycles. The van der Waals surface area contributed by atoms with E-state index < -0.39 is 5.38 Å². The first-order chi connectivity index (χ1) is 6.13. The number of nitriles is 1. The van der Waals surface area contributed by atoms with Crippen molar-refractivity contribution < 1.29 is 4.39 Å². The van der Waals surface area contributed by atoms with Crippen LogP contribution in [0.4, 0.5) is 4.39 Å². The van der Waals surface area contributed by atoms with Gasteiger partial charge >= 0.3 is 0 Å². The van der Waals surface area contributed by atoms with Crippen LogP contribution in [0.5, 0.6) is 0 Å². The van der Waals surface area contributed by atoms with Gasteiger partial charge < -0.3 is 0 Å². The molecule has 0 spiro atoms. The van der Waals surface area contributed by atoms with Crippen molar-refractivity contribution in [1.82, 2.24) is 0 Å². The van der Waals surface area contributed by atoms with Gasteiger partial charge in [0, 0.05) is 6.42 Å². The van der Waals surface area contributed by atoms with Crippen molar-refractivity contribution in [3.63, 3.8) is 0 Å². The van der Waals surface area contributed by atoms with Crippen molar-refractivity contribution >= 4 is 11.6 Å². The summed E-state index contributed by atoms with van der Waals surface area (Å²) < 4.78 is 13.2. The zero-order valence-electron chi connectivity index (χ0n) is 7.22. The largest absolute Gasteiger partial charge is 0.207 e. The second-order valence-electron chi connectivity index (χ2n) is 2.90. The molecule has 0 radical (unpaired) electrons. The van der Waals surface area contributed by atoms with E-state index in [0.29, 0.717) is 5.56 Å². The number of aryl methyl sites for hydroxylation is 1. The summed E-state index contributed by atoms with van der Waals surface area (Å²) in [5.74, 6) is -0.291. The third-order valence-corrected chi connectivity index (χ3v) is 2.00. The molecule has 1 nitrogen and oxygen atoms in total. The van der Waals surface area contributed by atoms with Gasteiger partial charge in [0.05, 0.1) is 6.07 Å². The summed E-state index contributed by atoms with van der Waals surface area (Å²) in [6.07, 6.45) is 0.254. The molecule has 0 heterocycles. The van der Waals surface area contributed by atoms with Crippen LogP contribution in [0.15, 0.2) is 18.2 Å². The first kappa shape index (κ1) is 10.0. The maximum Gasteiger partial charge on any atom is 0.126 e. The van der Waals surface area contributed by atoms with Crippen LogP contribution in [0, 0.1) is 24.1 Å². The predicted octanol–water partition coefficient (Wildman–Crippen LogP) is 2.81. The van der Waals surface area contributed by atoms with Gasteiger partial charge in [0.25, 0.3) is 0 Å². The first-order valence-corrected chi connectivity index (χ1v) is 4.36. The Hall–Kier alpha value is -1.07. The van der Waals surface area contributed by atoms with Gasteiger partial charge in [-0.05, 0) is 24.1 Å². The molecule has 1 rings (SSSR count). The highest BCUT2D eigenvalue weighted by molar-refractivity contribution is 6.22. The molecule has 0 amide bonds. The van der Waals surface area contributed by atoms with Crippen LogP contribution in [0.3, 0.4) is 0 Å². The van der Waals surface area contributed by atoms with Gasteiger partial charge in [0.15, 0.2) is 0 Å². The molecule has 0 saturated heterocycles. The fraction of sp³-hybridized carbons (Fsp3) is 0.300. The summed E-state index contributed by atoms with van der Waals surface area (Å²) in [5, 5.41) is 7.78. The van der Waals surface area contributed by atoms with Crippen LogP contribution in [0.2, 0.25) is 0 Å². The lowest BCUT2D eigenvalue weighted by Gasteiger charge is -2.03. The average Bonchev–Trinajstić information content (AvgIpc) is 2.09. The minimum Gasteiger partial charge on any atom is -0.207 e. The normalized spacial score (nSPS) is 12.2. The average molecular weight is 198 g/mol. The lowest BCUT2D eigenvalue weighted by molar-refractivity contribution is 0.609. The van der Waals surface area contributed by atoms with E-state index in [2.05, 4.69) is 0 Å². The Labute approximate surface area is 81.8 Å². The number of hydrogen-bond acceptors (Lipinski definition) is 1. The maximum absolute atomic E-state index is 13.2. The molecule has 1 aromatic rings. The monoisotopic (exact) mass is 197 g/mol. The molecule has 0 fully saturated rings. The fourth-order valence-corrected chi connectivity index (χ4v) is 1.22. The molecule has 68 valence electrons. The van der Waals surface area contributed by atoms with E-state index in [1.165, 1.54) is 6.07 Å². The van der Waals surface area contributed by atoms with E-state index in [9.17, 15) is 4.39 Å². The summed E-state index contributed by atoms with van der Waals surface area (Å²) in [4.78, 5) is 0. The van der Waals surface area contributed by atoms with E-state index in [1.807, 2.05) is 13.0 Å². The second-order valence-corrected chi connectivity index (χ2v) is 3.42. The lowest BCUT2D eigenvalue weighted by Crippen LogP contribution is -2.01. The number of rotatable bonds is 2. The van der Waals surface area contributed by atoms with Crippen molar-refractivity contribution in [1.29, 1.82) is 5.26 Å². The molecular formula is C10H9ClFN. The minimum absolute atomic E-state index is 0.254. The number of hydrogen-bond donors (Lipinski definition) is 0. The van der Waals surface area contributed by atoms with Crippen LogP contribution in [-0.4, -0.2) is 5.38 Å². The second kappa shape index (κ2) is 4.25. The molecule has 0 saturated carbocycles. The Morgan fingerprint density at radius 2 is 2.31 bits per heavy atom. The smallest absolute Gasteiger partial charge is 0.126 e. The van der Waals surface area contributed by atoms with E-state index in [0.717, 1.165) is 5.56 Å². The Morgan fingerprint density at radius 3 is 2.85 bits per heavy atom. The van der Waals surface area contributed by atoms with E-state index >= 15 is 0 Å². The van der Waals surface area contributed by atoms with Crippen LogP contribution < -0.4 is 0 Å². The van der Waals surface area contributed by atoms with E-state index in [-0.39, 0.29) is 12.2 Å². The van der Waals surface area contributed by atoms with Crippen molar-refractivity contribution in [3.05, 3.63) is 35.1 Å². The van der Waals surface area contributed by atoms with Crippen molar-refractivity contribution in [2.45, 2.75) is 18.7 Å². The minimum atomic E-state index is -0.655. The third-order valence-electron chi connectivity index (χ3n) is 1.75. The summed E-state index contributed by atoms with van der Waals surface area (Å²) >= 11 is 5.58. The summed E-state index contributed by atoms with van der Waals surface area (Å²) in [6.45, 7) is 1.81. The van der Waals surface area contributed by atoms with Gasteiger partial charge in [-0.2, -0.15) is 5.26 Å². The number of nitrogens with zero attached hydrogens (tertiary/aromatic N) is 1. The Balaban J connectivity index is 2.85. The van der Waals surface area contributed by atoms with Crippen molar-refractivity contribution in [2.24, 2.45) is 0 Å². The number of alkyl halides is 1. The molecule has 1 aromatic carbocycles. The van der Waals surface area contributed by atoms with E-state index in [4.69, 9.17) is 16.9 Å². The van der Waals surface area contributed by atoms with Gasteiger partial charge in [-0.1, -0.05) is 12.1 Å². The highest BCUT2D eigenvalue weighted by Crippen LogP contribution is 2.13. The molecule has 1 unspecified atom stereocenters. The predicted molar refractivity (Wildman–Crippen MR) is 50.1 cm³/mol. The standard InChI is InChI=1S/C10H9ClFN/c1-7-2-3-8(10(12)4-7)5-9(11)6-13/h2-4,9H,5H2,1H3. The Morgan fingerprint density at radius 1 is 1.62 bits per heavy atom. The summed E-state index contributed by atoms with van der Waals surface area (Å²) in [6, 6.07) is 6.76. The molecule has 0 aliphatic heterocycles. The first-order valence-electron chi connectivity index (χ1n) is 3.92. The highest BCUT2D eigenvalue weighted by Gasteiger charge is 2.08. The highest BCUT2D eigenvalue weighted by atomic mass is 35.5. The molecule has 0 N–H and O–H groups in total. The molecule has 0 aliphatic rings. The molecule has 1 atom stereocenters. The van der Waals surface area contributed by atoms with Crippen molar-refractivity contribution in [3.8, 4) is 6.07 Å². The lowest BCUT2D eigenvalue weighted by atomic mass is 10.1. The Bertz CT molecular complexity index is 343. The van der Waals surface area contributed by atoms with Gasteiger partial charge in [-0.25, -0.2) is 4.39 Å². The topological polar surface area (TPSA) is 23.8 Å². The molecule has 3 heteroatoms. The zero-order valence-corrected chi connectivity index (χ0v) is 7.98. The summed E-state index contributed by atoms with van der Waals surface area (Å²) in [7, 11) is 0. The van der Waals surface area contributed by atoms with Gasteiger partial charge in [0.1, 0.15) is 11.2 Å².